The Morgan fingerprint density at radius 1 is 1.73 bits per heavy atom. The van der Waals surface area contributed by atoms with Crippen molar-refractivity contribution in [1.29, 1.82) is 5.26 Å². The van der Waals surface area contributed by atoms with Gasteiger partial charge in [0.25, 0.3) is 0 Å². The van der Waals surface area contributed by atoms with Crippen LogP contribution in [-0.4, -0.2) is 16.2 Å². The van der Waals surface area contributed by atoms with Crippen molar-refractivity contribution in [3.8, 4) is 6.07 Å². The average Bonchev–Trinajstić information content (AvgIpc) is 2.05. The van der Waals surface area contributed by atoms with Gasteiger partial charge in [-0.2, -0.15) is 5.26 Å². The van der Waals surface area contributed by atoms with Gasteiger partial charge in [-0.15, -0.1) is 0 Å². The lowest BCUT2D eigenvalue weighted by atomic mass is 10.3. The van der Waals surface area contributed by atoms with Crippen LogP contribution in [0.2, 0.25) is 0 Å². The van der Waals surface area contributed by atoms with Gasteiger partial charge in [0.2, 0.25) is 5.82 Å². The van der Waals surface area contributed by atoms with Crippen molar-refractivity contribution in [1.82, 2.24) is 9.97 Å². The zero-order chi connectivity index (χ0) is 8.27. The van der Waals surface area contributed by atoms with Crippen LogP contribution < -0.4 is 11.1 Å². The highest BCUT2D eigenvalue weighted by molar-refractivity contribution is 5.79. The Labute approximate surface area is 63.0 Å². The van der Waals surface area contributed by atoms with Crippen molar-refractivity contribution < 1.29 is 5.41 Å². The van der Waals surface area contributed by atoms with Gasteiger partial charge in [0.1, 0.15) is 6.07 Å². The molecule has 1 rings (SSSR count). The van der Waals surface area contributed by atoms with Crippen LogP contribution in [0.4, 0.5) is 5.69 Å². The Balaban J connectivity index is 3.25. The molecule has 0 radical (unpaired) electrons. The van der Waals surface area contributed by atoms with Crippen LogP contribution in [0.3, 0.4) is 0 Å². The summed E-state index contributed by atoms with van der Waals surface area (Å²) >= 11 is 0. The van der Waals surface area contributed by atoms with Crippen LogP contribution in [0, 0.1) is 11.3 Å². The van der Waals surface area contributed by atoms with Gasteiger partial charge in [0.15, 0.2) is 11.9 Å². The quantitative estimate of drug-likeness (QED) is 0.454. The summed E-state index contributed by atoms with van der Waals surface area (Å²) in [6.07, 6.45) is 2.59. The summed E-state index contributed by atoms with van der Waals surface area (Å²) in [7, 11) is 0. The van der Waals surface area contributed by atoms with Gasteiger partial charge < -0.3 is 5.73 Å². The molecular formula is C6H6N5+. The first-order chi connectivity index (χ1) is 5.27. The molecule has 1 heterocycles. The molecule has 1 aromatic heterocycles. The van der Waals surface area contributed by atoms with E-state index in [4.69, 9.17) is 16.4 Å². The fraction of sp³-hybridized carbons (Fsp3) is 0. The van der Waals surface area contributed by atoms with E-state index >= 15 is 0 Å². The summed E-state index contributed by atoms with van der Waals surface area (Å²) in [5, 5.41) is 13.5. The second-order valence-corrected chi connectivity index (χ2v) is 1.81. The monoisotopic (exact) mass is 148 g/mol. The van der Waals surface area contributed by atoms with Crippen molar-refractivity contribution in [3.63, 3.8) is 0 Å². The van der Waals surface area contributed by atoms with E-state index in [-0.39, 0.29) is 5.82 Å². The Kier molecular flexibility index (Phi) is 1.79. The van der Waals surface area contributed by atoms with Gasteiger partial charge in [0, 0.05) is 0 Å². The maximum Gasteiger partial charge on any atom is 0.233 e. The lowest BCUT2D eigenvalue weighted by Crippen LogP contribution is -2.31. The molecule has 0 aromatic carbocycles. The minimum Gasteiger partial charge on any atom is -0.396 e. The molecule has 0 saturated carbocycles. The number of nitrogen functional groups attached to an aromatic ring is 1. The lowest BCUT2D eigenvalue weighted by Gasteiger charge is -1.93. The van der Waals surface area contributed by atoms with Gasteiger partial charge in [-0.3, -0.25) is 5.41 Å². The molecule has 4 N–H and O–H groups in total. The Morgan fingerprint density at radius 3 is 3.00 bits per heavy atom. The molecule has 0 aliphatic heterocycles. The number of rotatable bonds is 1. The molecule has 0 aliphatic carbocycles. The van der Waals surface area contributed by atoms with Crippen molar-refractivity contribution in [2.45, 2.75) is 0 Å². The summed E-state index contributed by atoms with van der Waals surface area (Å²) in [5.41, 5.74) is 6.16. The highest BCUT2D eigenvalue weighted by Crippen LogP contribution is 2.01. The third kappa shape index (κ3) is 1.30. The number of nitrogens with zero attached hydrogens (tertiary/aromatic N) is 3. The molecule has 5 nitrogen and oxygen atoms in total. The maximum absolute atomic E-state index is 8.38. The number of nitrogens with two attached hydrogens (primary N) is 2. The SMILES string of the molecule is N#Cc1ncc(N)c(C=[NH2+])n1. The van der Waals surface area contributed by atoms with Crippen molar-refractivity contribution in [3.05, 3.63) is 17.7 Å². The summed E-state index contributed by atoms with van der Waals surface area (Å²) in [4.78, 5) is 7.36. The zero-order valence-electron chi connectivity index (χ0n) is 5.65. The zero-order valence-corrected chi connectivity index (χ0v) is 5.65. The van der Waals surface area contributed by atoms with E-state index in [2.05, 4.69) is 9.97 Å². The topological polar surface area (TPSA) is 101 Å². The fourth-order valence-corrected chi connectivity index (χ4v) is 0.592. The molecule has 11 heavy (non-hydrogen) atoms. The second kappa shape index (κ2) is 2.75. The number of nitriles is 1. The van der Waals surface area contributed by atoms with Crippen LogP contribution in [0.5, 0.6) is 0 Å². The number of anilines is 1. The first-order valence-corrected chi connectivity index (χ1v) is 2.85. The molecule has 0 bridgehead atoms. The van der Waals surface area contributed by atoms with E-state index in [0.717, 1.165) is 0 Å². The largest absolute Gasteiger partial charge is 0.396 e. The van der Waals surface area contributed by atoms with Gasteiger partial charge in [-0.25, -0.2) is 9.97 Å². The van der Waals surface area contributed by atoms with E-state index in [1.807, 2.05) is 0 Å². The molecule has 5 heteroatoms. The predicted molar refractivity (Wildman–Crippen MR) is 38.3 cm³/mol. The predicted octanol–water partition coefficient (Wildman–Crippen LogP) is -1.89. The normalized spacial score (nSPS) is 8.64. The summed E-state index contributed by atoms with van der Waals surface area (Å²) in [6.45, 7) is 0. The summed E-state index contributed by atoms with van der Waals surface area (Å²) in [5.74, 6) is 0.0656. The minimum absolute atomic E-state index is 0.0656. The summed E-state index contributed by atoms with van der Waals surface area (Å²) < 4.78 is 0. The minimum atomic E-state index is 0.0656. The molecule has 1 aromatic rings. The Morgan fingerprint density at radius 2 is 2.45 bits per heavy atom. The maximum atomic E-state index is 8.38. The first kappa shape index (κ1) is 7.15. The molecule has 0 fully saturated rings. The highest BCUT2D eigenvalue weighted by atomic mass is 14.9. The molecule has 0 aliphatic rings. The summed E-state index contributed by atoms with van der Waals surface area (Å²) in [6, 6.07) is 1.78. The molecule has 0 unspecified atom stereocenters. The van der Waals surface area contributed by atoms with Crippen molar-refractivity contribution in [2.75, 3.05) is 5.73 Å². The van der Waals surface area contributed by atoms with Crippen molar-refractivity contribution >= 4 is 11.9 Å². The molecule has 0 spiro atoms. The number of aromatic nitrogens is 2. The molecule has 0 amide bonds. The van der Waals surface area contributed by atoms with Crippen LogP contribution in [0.15, 0.2) is 6.20 Å². The Bertz CT molecular complexity index is 324. The third-order valence-electron chi connectivity index (χ3n) is 1.11. The van der Waals surface area contributed by atoms with Crippen LogP contribution in [-0.2, 0) is 0 Å². The van der Waals surface area contributed by atoms with Gasteiger partial charge in [-0.05, 0) is 0 Å². The smallest absolute Gasteiger partial charge is 0.233 e. The number of hydrogen-bond acceptors (Lipinski definition) is 4. The third-order valence-corrected chi connectivity index (χ3v) is 1.11. The van der Waals surface area contributed by atoms with Crippen LogP contribution >= 0.6 is 0 Å². The standard InChI is InChI=1S/C6H5N5/c7-1-5-4(9)3-10-6(2-8)11-5/h1,3,7H,9H2/p+1. The van der Waals surface area contributed by atoms with Crippen LogP contribution in [0.1, 0.15) is 11.5 Å². The first-order valence-electron chi connectivity index (χ1n) is 2.85. The van der Waals surface area contributed by atoms with E-state index in [1.54, 1.807) is 6.07 Å². The average molecular weight is 148 g/mol. The molecule has 54 valence electrons. The van der Waals surface area contributed by atoms with Gasteiger partial charge in [-0.1, -0.05) is 0 Å². The molecular weight excluding hydrogens is 142 g/mol. The second-order valence-electron chi connectivity index (χ2n) is 1.81. The van der Waals surface area contributed by atoms with Crippen LogP contribution in [0.25, 0.3) is 0 Å². The van der Waals surface area contributed by atoms with E-state index in [1.165, 1.54) is 12.4 Å². The van der Waals surface area contributed by atoms with Crippen molar-refractivity contribution in [2.24, 2.45) is 0 Å². The molecule has 0 atom stereocenters. The lowest BCUT2D eigenvalue weighted by molar-refractivity contribution is -0.104. The van der Waals surface area contributed by atoms with Gasteiger partial charge in [0.05, 0.1) is 11.9 Å². The highest BCUT2D eigenvalue weighted by Gasteiger charge is 2.01. The number of hydrogen-bond donors (Lipinski definition) is 2. The van der Waals surface area contributed by atoms with E-state index < -0.39 is 0 Å². The molecule has 0 saturated heterocycles. The fourth-order valence-electron chi connectivity index (χ4n) is 0.592. The van der Waals surface area contributed by atoms with Gasteiger partial charge >= 0.3 is 0 Å². The van der Waals surface area contributed by atoms with E-state index in [9.17, 15) is 0 Å². The Hall–Kier alpha value is -1.96. The van der Waals surface area contributed by atoms with E-state index in [0.29, 0.717) is 11.4 Å².